The minimum atomic E-state index is -0.275. The zero-order chi connectivity index (χ0) is 17.6. The maximum absolute atomic E-state index is 12.4. The minimum Gasteiger partial charge on any atom is -0.342 e. The van der Waals surface area contributed by atoms with E-state index in [-0.39, 0.29) is 17.7 Å². The number of anilines is 1. The van der Waals surface area contributed by atoms with Crippen LogP contribution in [0.25, 0.3) is 0 Å². The van der Waals surface area contributed by atoms with E-state index in [1.165, 1.54) is 5.56 Å². The van der Waals surface area contributed by atoms with Gasteiger partial charge in [-0.2, -0.15) is 0 Å². The average Bonchev–Trinajstić information content (AvgIpc) is 3.02. The topological polar surface area (TPSA) is 49.4 Å². The van der Waals surface area contributed by atoms with E-state index in [1.807, 2.05) is 48.7 Å². The van der Waals surface area contributed by atoms with E-state index in [9.17, 15) is 9.59 Å². The molecule has 2 aromatic carbocycles. The Hall–Kier alpha value is -2.27. The van der Waals surface area contributed by atoms with Crippen molar-refractivity contribution >= 4 is 29.3 Å². The number of nitrogens with zero attached hydrogens (tertiary/aromatic N) is 1. The summed E-state index contributed by atoms with van der Waals surface area (Å²) < 4.78 is 0. The minimum absolute atomic E-state index is 0.0637. The molecule has 0 saturated carbocycles. The van der Waals surface area contributed by atoms with Crippen LogP contribution in [-0.4, -0.2) is 36.1 Å². The second kappa shape index (κ2) is 8.21. The number of carbonyl (C=O) groups excluding carboxylic acids is 2. The Morgan fingerprint density at radius 3 is 2.56 bits per heavy atom. The molecule has 1 saturated heterocycles. The number of rotatable bonds is 6. The molecule has 130 valence electrons. The number of benzene rings is 2. The third-order valence-electron chi connectivity index (χ3n) is 4.46. The Morgan fingerprint density at radius 2 is 1.88 bits per heavy atom. The van der Waals surface area contributed by atoms with Gasteiger partial charge in [0.25, 0.3) is 0 Å². The van der Waals surface area contributed by atoms with Gasteiger partial charge in [-0.1, -0.05) is 30.3 Å². The molecule has 1 atom stereocenters. The summed E-state index contributed by atoms with van der Waals surface area (Å²) in [5, 5.41) is 2.92. The van der Waals surface area contributed by atoms with Crippen LogP contribution in [0.4, 0.5) is 5.69 Å². The molecule has 5 heteroatoms. The van der Waals surface area contributed by atoms with Crippen molar-refractivity contribution in [3.8, 4) is 0 Å². The van der Waals surface area contributed by atoms with Crippen LogP contribution in [0.1, 0.15) is 12.0 Å². The van der Waals surface area contributed by atoms with Gasteiger partial charge in [-0.25, -0.2) is 0 Å². The molecule has 1 aliphatic rings. The Morgan fingerprint density at radius 1 is 1.16 bits per heavy atom. The van der Waals surface area contributed by atoms with E-state index in [0.29, 0.717) is 19.5 Å². The van der Waals surface area contributed by atoms with Crippen LogP contribution in [0.5, 0.6) is 0 Å². The molecule has 25 heavy (non-hydrogen) atoms. The number of nitrogens with one attached hydrogen (secondary N) is 1. The molecule has 2 amide bonds. The summed E-state index contributed by atoms with van der Waals surface area (Å²) in [7, 11) is 0. The lowest BCUT2D eigenvalue weighted by Crippen LogP contribution is -2.30. The molecule has 0 aromatic heterocycles. The first kappa shape index (κ1) is 17.5. The molecular formula is C20H22N2O2S. The van der Waals surface area contributed by atoms with Gasteiger partial charge in [0.2, 0.25) is 11.8 Å². The summed E-state index contributed by atoms with van der Waals surface area (Å²) in [6.07, 6.45) is 3.13. The average molecular weight is 354 g/mol. The Bertz CT molecular complexity index is 731. The fourth-order valence-corrected chi connectivity index (χ4v) is 3.40. The van der Waals surface area contributed by atoms with Crippen LogP contribution < -0.4 is 5.32 Å². The lowest BCUT2D eigenvalue weighted by Gasteiger charge is -2.16. The Kier molecular flexibility index (Phi) is 5.76. The molecule has 1 fully saturated rings. The third kappa shape index (κ3) is 4.63. The fourth-order valence-electron chi connectivity index (χ4n) is 2.99. The fraction of sp³-hybridized carbons (Fsp3) is 0.300. The van der Waals surface area contributed by atoms with Gasteiger partial charge in [0, 0.05) is 30.1 Å². The third-order valence-corrected chi connectivity index (χ3v) is 5.20. The normalized spacial score (nSPS) is 16.9. The number of amides is 2. The lowest BCUT2D eigenvalue weighted by atomic mass is 10.1. The molecular weight excluding hydrogens is 332 g/mol. The Labute approximate surface area is 152 Å². The standard InChI is InChI=1S/C20H22N2O2S/c1-25-18-9-7-17(8-10-18)21-20(24)16-13-19(23)22(14-16)12-11-15-5-3-2-4-6-15/h2-10,16H,11-14H2,1H3,(H,21,24). The van der Waals surface area contributed by atoms with Gasteiger partial charge in [-0.05, 0) is 42.5 Å². The van der Waals surface area contributed by atoms with Gasteiger partial charge in [0.05, 0.1) is 5.92 Å². The van der Waals surface area contributed by atoms with Gasteiger partial charge < -0.3 is 10.2 Å². The quantitative estimate of drug-likeness (QED) is 0.809. The first-order chi connectivity index (χ1) is 12.2. The molecule has 1 aliphatic heterocycles. The van der Waals surface area contributed by atoms with Crippen LogP contribution in [0.2, 0.25) is 0 Å². The summed E-state index contributed by atoms with van der Waals surface area (Å²) in [6, 6.07) is 17.8. The van der Waals surface area contributed by atoms with Crippen molar-refractivity contribution in [2.24, 2.45) is 5.92 Å². The molecule has 1 heterocycles. The van der Waals surface area contributed by atoms with Crippen molar-refractivity contribution in [1.82, 2.24) is 4.90 Å². The molecule has 0 radical (unpaired) electrons. The maximum atomic E-state index is 12.4. The number of likely N-dealkylation sites (tertiary alicyclic amines) is 1. The highest BCUT2D eigenvalue weighted by molar-refractivity contribution is 7.98. The predicted molar refractivity (Wildman–Crippen MR) is 102 cm³/mol. The molecule has 2 aromatic rings. The van der Waals surface area contributed by atoms with E-state index in [4.69, 9.17) is 0 Å². The van der Waals surface area contributed by atoms with Crippen molar-refractivity contribution in [2.45, 2.75) is 17.7 Å². The molecule has 1 unspecified atom stereocenters. The van der Waals surface area contributed by atoms with Crippen LogP contribution >= 0.6 is 11.8 Å². The molecule has 1 N–H and O–H groups in total. The first-order valence-electron chi connectivity index (χ1n) is 8.42. The molecule has 0 aliphatic carbocycles. The summed E-state index contributed by atoms with van der Waals surface area (Å²) in [5.74, 6) is -0.287. The van der Waals surface area contributed by atoms with Crippen LogP contribution in [-0.2, 0) is 16.0 Å². The van der Waals surface area contributed by atoms with Crippen molar-refractivity contribution in [1.29, 1.82) is 0 Å². The van der Waals surface area contributed by atoms with E-state index in [0.717, 1.165) is 17.0 Å². The molecule has 3 rings (SSSR count). The van der Waals surface area contributed by atoms with Gasteiger partial charge in [0.1, 0.15) is 0 Å². The highest BCUT2D eigenvalue weighted by Crippen LogP contribution is 2.22. The van der Waals surface area contributed by atoms with E-state index in [2.05, 4.69) is 17.4 Å². The van der Waals surface area contributed by atoms with E-state index < -0.39 is 0 Å². The van der Waals surface area contributed by atoms with Crippen LogP contribution in [0.15, 0.2) is 59.5 Å². The van der Waals surface area contributed by atoms with Crippen molar-refractivity contribution in [3.63, 3.8) is 0 Å². The number of hydrogen-bond acceptors (Lipinski definition) is 3. The van der Waals surface area contributed by atoms with Crippen molar-refractivity contribution in [3.05, 3.63) is 60.2 Å². The summed E-state index contributed by atoms with van der Waals surface area (Å²) >= 11 is 1.66. The summed E-state index contributed by atoms with van der Waals surface area (Å²) in [5.41, 5.74) is 1.98. The monoisotopic (exact) mass is 354 g/mol. The highest BCUT2D eigenvalue weighted by Gasteiger charge is 2.33. The van der Waals surface area contributed by atoms with Gasteiger partial charge in [-0.15, -0.1) is 11.8 Å². The maximum Gasteiger partial charge on any atom is 0.229 e. The zero-order valence-electron chi connectivity index (χ0n) is 14.3. The lowest BCUT2D eigenvalue weighted by molar-refractivity contribution is -0.128. The van der Waals surface area contributed by atoms with E-state index >= 15 is 0 Å². The molecule has 4 nitrogen and oxygen atoms in total. The van der Waals surface area contributed by atoms with Gasteiger partial charge >= 0.3 is 0 Å². The molecule has 0 bridgehead atoms. The summed E-state index contributed by atoms with van der Waals surface area (Å²) in [6.45, 7) is 1.16. The van der Waals surface area contributed by atoms with Gasteiger partial charge in [0.15, 0.2) is 0 Å². The van der Waals surface area contributed by atoms with Gasteiger partial charge in [-0.3, -0.25) is 9.59 Å². The number of carbonyl (C=O) groups is 2. The summed E-state index contributed by atoms with van der Waals surface area (Å²) in [4.78, 5) is 27.6. The SMILES string of the molecule is CSc1ccc(NC(=O)C2CC(=O)N(CCc3ccccc3)C2)cc1. The van der Waals surface area contributed by atoms with E-state index in [1.54, 1.807) is 16.7 Å². The van der Waals surface area contributed by atoms with Crippen LogP contribution in [0.3, 0.4) is 0 Å². The number of hydrogen-bond donors (Lipinski definition) is 1. The van der Waals surface area contributed by atoms with Crippen LogP contribution in [0, 0.1) is 5.92 Å². The zero-order valence-corrected chi connectivity index (χ0v) is 15.1. The predicted octanol–water partition coefficient (Wildman–Crippen LogP) is 3.44. The number of thioether (sulfide) groups is 1. The van der Waals surface area contributed by atoms with Crippen molar-refractivity contribution < 1.29 is 9.59 Å². The molecule has 0 spiro atoms. The second-order valence-corrected chi connectivity index (χ2v) is 7.07. The highest BCUT2D eigenvalue weighted by atomic mass is 32.2. The largest absolute Gasteiger partial charge is 0.342 e. The first-order valence-corrected chi connectivity index (χ1v) is 9.65. The second-order valence-electron chi connectivity index (χ2n) is 6.19. The van der Waals surface area contributed by atoms with Crippen molar-refractivity contribution in [2.75, 3.05) is 24.7 Å². The smallest absolute Gasteiger partial charge is 0.229 e. The Balaban J connectivity index is 1.53.